The molecule has 0 radical (unpaired) electrons. The Balaban J connectivity index is 2.23. The van der Waals surface area contributed by atoms with Crippen molar-refractivity contribution in [1.29, 1.82) is 0 Å². The van der Waals surface area contributed by atoms with Gasteiger partial charge < -0.3 is 5.73 Å². The molecule has 1 aliphatic heterocycles. The molecule has 0 spiro atoms. The second kappa shape index (κ2) is 5.28. The Morgan fingerprint density at radius 1 is 1.56 bits per heavy atom. The molecule has 18 heavy (non-hydrogen) atoms. The van der Waals surface area contributed by atoms with Crippen LogP contribution in [0.3, 0.4) is 0 Å². The molecule has 3 atom stereocenters. The van der Waals surface area contributed by atoms with Crippen LogP contribution in [0.1, 0.15) is 25.5 Å². The molecule has 0 saturated carbocycles. The zero-order valence-corrected chi connectivity index (χ0v) is 12.4. The van der Waals surface area contributed by atoms with Crippen LogP contribution >= 0.6 is 11.3 Å². The molecule has 1 fully saturated rings. The first-order valence-corrected chi connectivity index (χ1v) is 8.91. The van der Waals surface area contributed by atoms with Gasteiger partial charge in [0, 0.05) is 18.6 Å². The van der Waals surface area contributed by atoms with Crippen LogP contribution < -0.4 is 5.73 Å². The zero-order chi connectivity index (χ0) is 13.3. The minimum Gasteiger partial charge on any atom is -0.326 e. The lowest BCUT2D eigenvalue weighted by Crippen LogP contribution is -2.52. The summed E-state index contributed by atoms with van der Waals surface area (Å²) in [5.74, 6) is 0.477. The van der Waals surface area contributed by atoms with E-state index in [2.05, 4.69) is 16.3 Å². The lowest BCUT2D eigenvalue weighted by Gasteiger charge is -2.41. The van der Waals surface area contributed by atoms with Gasteiger partial charge in [0.1, 0.15) is 0 Å². The minimum atomic E-state index is -2.87. The Labute approximate surface area is 113 Å². The summed E-state index contributed by atoms with van der Waals surface area (Å²) in [6, 6.07) is 2.21. The maximum atomic E-state index is 11.6. The van der Waals surface area contributed by atoms with Crippen molar-refractivity contribution < 1.29 is 8.42 Å². The van der Waals surface area contributed by atoms with E-state index in [1.165, 1.54) is 5.56 Å². The van der Waals surface area contributed by atoms with Gasteiger partial charge in [-0.15, -0.1) is 0 Å². The van der Waals surface area contributed by atoms with E-state index in [1.807, 2.05) is 19.2 Å². The van der Waals surface area contributed by atoms with Gasteiger partial charge in [-0.2, -0.15) is 11.3 Å². The summed E-state index contributed by atoms with van der Waals surface area (Å²) in [6.45, 7) is 4.53. The van der Waals surface area contributed by atoms with Gasteiger partial charge in [-0.05, 0) is 36.2 Å². The molecule has 6 heteroatoms. The second-order valence-corrected chi connectivity index (χ2v) is 8.07. The van der Waals surface area contributed by atoms with Gasteiger partial charge >= 0.3 is 0 Å². The maximum absolute atomic E-state index is 11.6. The monoisotopic (exact) mass is 288 g/mol. The van der Waals surface area contributed by atoms with E-state index in [0.717, 1.165) is 0 Å². The first-order valence-electron chi connectivity index (χ1n) is 6.14. The van der Waals surface area contributed by atoms with E-state index in [4.69, 9.17) is 5.73 Å². The van der Waals surface area contributed by atoms with Crippen molar-refractivity contribution in [1.82, 2.24) is 4.90 Å². The summed E-state index contributed by atoms with van der Waals surface area (Å²) in [5, 5.41) is 4.14. The molecule has 1 aromatic rings. The summed E-state index contributed by atoms with van der Waals surface area (Å²) >= 11 is 1.65. The number of sulfone groups is 1. The van der Waals surface area contributed by atoms with Gasteiger partial charge in [-0.3, -0.25) is 4.90 Å². The van der Waals surface area contributed by atoms with Crippen LogP contribution in [0.4, 0.5) is 0 Å². The third kappa shape index (κ3) is 2.93. The highest BCUT2D eigenvalue weighted by atomic mass is 32.2. The number of nitrogens with zero attached hydrogens (tertiary/aromatic N) is 1. The van der Waals surface area contributed by atoms with E-state index >= 15 is 0 Å². The molecular formula is C12H20N2O2S2. The lowest BCUT2D eigenvalue weighted by atomic mass is 10.0. The largest absolute Gasteiger partial charge is 0.326 e. The summed E-state index contributed by atoms with van der Waals surface area (Å²) < 4.78 is 23.3. The Morgan fingerprint density at radius 2 is 2.28 bits per heavy atom. The highest BCUT2D eigenvalue weighted by molar-refractivity contribution is 7.91. The molecule has 4 nitrogen and oxygen atoms in total. The van der Waals surface area contributed by atoms with Crippen LogP contribution in [0, 0.1) is 0 Å². The minimum absolute atomic E-state index is 0.0112. The average Bonchev–Trinajstić information content (AvgIpc) is 2.73. The van der Waals surface area contributed by atoms with Gasteiger partial charge in [-0.1, -0.05) is 0 Å². The number of hydrogen-bond donors (Lipinski definition) is 1. The van der Waals surface area contributed by atoms with Crippen molar-refractivity contribution in [3.05, 3.63) is 22.4 Å². The molecule has 3 unspecified atom stereocenters. The normalized spacial score (nSPS) is 27.8. The van der Waals surface area contributed by atoms with Gasteiger partial charge in [0.25, 0.3) is 0 Å². The molecule has 1 aliphatic rings. The van der Waals surface area contributed by atoms with Gasteiger partial charge in [-0.25, -0.2) is 8.42 Å². The third-order valence-corrected chi connectivity index (χ3v) is 5.96. The molecule has 0 aromatic carbocycles. The van der Waals surface area contributed by atoms with Gasteiger partial charge in [0.2, 0.25) is 0 Å². The first kappa shape index (κ1) is 14.0. The lowest BCUT2D eigenvalue weighted by molar-refractivity contribution is 0.140. The van der Waals surface area contributed by atoms with Gasteiger partial charge in [0.05, 0.1) is 17.5 Å². The number of hydrogen-bond acceptors (Lipinski definition) is 5. The van der Waals surface area contributed by atoms with Crippen LogP contribution in [-0.2, 0) is 9.84 Å². The predicted molar refractivity (Wildman–Crippen MR) is 75.5 cm³/mol. The van der Waals surface area contributed by atoms with E-state index in [1.54, 1.807) is 11.3 Å². The fraction of sp³-hybridized carbons (Fsp3) is 0.667. The molecule has 1 saturated heterocycles. The standard InChI is InChI=1S/C12H20N2O2S2/c1-9-8-18(15,16)6-4-14(9)12(10(2)13)11-3-5-17-7-11/h3,5,7,9-10,12H,4,6,8,13H2,1-2H3. The molecular weight excluding hydrogens is 268 g/mol. The van der Waals surface area contributed by atoms with Crippen LogP contribution in [0.5, 0.6) is 0 Å². The summed E-state index contributed by atoms with van der Waals surface area (Å²) in [4.78, 5) is 2.23. The molecule has 0 aliphatic carbocycles. The van der Waals surface area contributed by atoms with E-state index in [-0.39, 0.29) is 29.6 Å². The van der Waals surface area contributed by atoms with Crippen LogP contribution in [0.15, 0.2) is 16.8 Å². The fourth-order valence-corrected chi connectivity index (χ4v) is 4.94. The van der Waals surface area contributed by atoms with Gasteiger partial charge in [0.15, 0.2) is 9.84 Å². The molecule has 0 bridgehead atoms. The molecule has 2 heterocycles. The topological polar surface area (TPSA) is 63.4 Å². The molecule has 2 N–H and O–H groups in total. The highest BCUT2D eigenvalue weighted by Gasteiger charge is 2.34. The van der Waals surface area contributed by atoms with E-state index < -0.39 is 9.84 Å². The number of thiophene rings is 1. The second-order valence-electron chi connectivity index (χ2n) is 5.06. The van der Waals surface area contributed by atoms with Crippen molar-refractivity contribution in [2.45, 2.75) is 32.0 Å². The SMILES string of the molecule is CC(N)C(c1ccsc1)N1CCS(=O)(=O)CC1C. The third-order valence-electron chi connectivity index (χ3n) is 3.46. The van der Waals surface area contributed by atoms with Crippen LogP contribution in [0.25, 0.3) is 0 Å². The van der Waals surface area contributed by atoms with E-state index in [0.29, 0.717) is 6.54 Å². The van der Waals surface area contributed by atoms with Crippen molar-refractivity contribution in [2.75, 3.05) is 18.1 Å². The smallest absolute Gasteiger partial charge is 0.153 e. The summed E-state index contributed by atoms with van der Waals surface area (Å²) in [6.07, 6.45) is 0. The van der Waals surface area contributed by atoms with Crippen molar-refractivity contribution in [3.8, 4) is 0 Å². The first-order chi connectivity index (χ1) is 8.41. The van der Waals surface area contributed by atoms with Crippen LogP contribution in [-0.4, -0.2) is 43.5 Å². The molecule has 0 amide bonds. The van der Waals surface area contributed by atoms with Crippen molar-refractivity contribution >= 4 is 21.2 Å². The average molecular weight is 288 g/mol. The molecule has 102 valence electrons. The Bertz CT molecular complexity index is 482. The van der Waals surface area contributed by atoms with E-state index in [9.17, 15) is 8.42 Å². The summed E-state index contributed by atoms with van der Waals surface area (Å²) in [7, 11) is -2.87. The van der Waals surface area contributed by atoms with Crippen molar-refractivity contribution in [3.63, 3.8) is 0 Å². The highest BCUT2D eigenvalue weighted by Crippen LogP contribution is 2.29. The number of rotatable bonds is 3. The predicted octanol–water partition coefficient (Wildman–Crippen LogP) is 1.26. The number of nitrogens with two attached hydrogens (primary N) is 1. The van der Waals surface area contributed by atoms with Crippen molar-refractivity contribution in [2.24, 2.45) is 5.73 Å². The molecule has 1 aromatic heterocycles. The Hall–Kier alpha value is -0.430. The quantitative estimate of drug-likeness (QED) is 0.909. The Kier molecular flexibility index (Phi) is 4.11. The maximum Gasteiger partial charge on any atom is 0.153 e. The molecule has 2 rings (SSSR count). The Morgan fingerprint density at radius 3 is 2.78 bits per heavy atom. The van der Waals surface area contributed by atoms with Crippen LogP contribution in [0.2, 0.25) is 0 Å². The fourth-order valence-electron chi connectivity index (χ4n) is 2.67. The zero-order valence-electron chi connectivity index (χ0n) is 10.7. The summed E-state index contributed by atoms with van der Waals surface area (Å²) in [5.41, 5.74) is 7.30.